The van der Waals surface area contributed by atoms with Gasteiger partial charge < -0.3 is 20.2 Å². The third kappa shape index (κ3) is 1.88. The first-order valence-electron chi connectivity index (χ1n) is 3.70. The van der Waals surface area contributed by atoms with Crippen LogP contribution in [0, 0.1) is 0 Å². The minimum Gasteiger partial charge on any atom is -0.499 e. The summed E-state index contributed by atoms with van der Waals surface area (Å²) in [4.78, 5) is 0. The maximum atomic E-state index is 5.85. The lowest BCUT2D eigenvalue weighted by molar-refractivity contribution is -0.0427. The second kappa shape index (κ2) is 3.30. The number of nitrogens with two attached hydrogens (primary N) is 2. The van der Waals surface area contributed by atoms with Crippen LogP contribution in [0.5, 0.6) is 0 Å². The summed E-state index contributed by atoms with van der Waals surface area (Å²) in [6, 6.07) is 0. The highest BCUT2D eigenvalue weighted by Crippen LogP contribution is 2.21. The van der Waals surface area contributed by atoms with Crippen LogP contribution in [0.15, 0.2) is 12.0 Å². The van der Waals surface area contributed by atoms with Crippen LogP contribution in [-0.2, 0) is 9.47 Å². The summed E-state index contributed by atoms with van der Waals surface area (Å²) in [6.07, 6.45) is 2.26. The number of ether oxygens (including phenoxy) is 2. The van der Waals surface area contributed by atoms with E-state index in [4.69, 9.17) is 21.1 Å². The second-order valence-corrected chi connectivity index (χ2v) is 2.92. The molecule has 1 atom stereocenters. The molecule has 0 radical (unpaired) electrons. The van der Waals surface area contributed by atoms with Gasteiger partial charge in [-0.2, -0.15) is 0 Å². The van der Waals surface area contributed by atoms with E-state index in [9.17, 15) is 0 Å². The van der Waals surface area contributed by atoms with Crippen molar-refractivity contribution in [1.82, 2.24) is 5.01 Å². The minimum atomic E-state index is -0.727. The summed E-state index contributed by atoms with van der Waals surface area (Å²) in [5, 5.41) is 1.46. The zero-order valence-corrected chi connectivity index (χ0v) is 7.41. The van der Waals surface area contributed by atoms with Crippen molar-refractivity contribution in [2.24, 2.45) is 11.6 Å². The quantitative estimate of drug-likeness (QED) is 0.429. The van der Waals surface area contributed by atoms with Gasteiger partial charge in [0, 0.05) is 7.11 Å². The molecule has 0 bridgehead atoms. The summed E-state index contributed by atoms with van der Waals surface area (Å²) in [5.74, 6) is 6.30. The predicted molar refractivity (Wildman–Crippen MR) is 44.5 cm³/mol. The minimum absolute atomic E-state index is 0.469. The standard InChI is InChI=1S/C7H15N3O2/c1-11-6-3-7(8,12-2)5-10(9)4-6/h4H,3,5,8-9H2,1-2H3. The molecular weight excluding hydrogens is 158 g/mol. The van der Waals surface area contributed by atoms with Crippen LogP contribution in [0.4, 0.5) is 0 Å². The first kappa shape index (κ1) is 9.31. The van der Waals surface area contributed by atoms with Crippen LogP contribution in [0.25, 0.3) is 0 Å². The van der Waals surface area contributed by atoms with Gasteiger partial charge in [-0.1, -0.05) is 0 Å². The summed E-state index contributed by atoms with van der Waals surface area (Å²) in [6.45, 7) is 0.469. The van der Waals surface area contributed by atoms with Gasteiger partial charge in [-0.05, 0) is 0 Å². The molecule has 0 amide bonds. The fraction of sp³-hybridized carbons (Fsp3) is 0.714. The molecule has 70 valence electrons. The van der Waals surface area contributed by atoms with E-state index in [-0.39, 0.29) is 0 Å². The Morgan fingerprint density at radius 3 is 2.75 bits per heavy atom. The number of hydrogen-bond donors (Lipinski definition) is 2. The van der Waals surface area contributed by atoms with Gasteiger partial charge in [0.1, 0.15) is 11.5 Å². The van der Waals surface area contributed by atoms with E-state index in [1.165, 1.54) is 5.01 Å². The zero-order chi connectivity index (χ0) is 9.19. The van der Waals surface area contributed by atoms with Crippen molar-refractivity contribution in [2.45, 2.75) is 12.1 Å². The molecule has 1 aliphatic heterocycles. The first-order valence-corrected chi connectivity index (χ1v) is 3.70. The molecule has 1 heterocycles. The highest BCUT2D eigenvalue weighted by atomic mass is 16.5. The molecule has 0 aromatic heterocycles. The van der Waals surface area contributed by atoms with Gasteiger partial charge in [0.25, 0.3) is 0 Å². The lowest BCUT2D eigenvalue weighted by Gasteiger charge is -2.35. The summed E-state index contributed by atoms with van der Waals surface area (Å²) in [7, 11) is 3.15. The van der Waals surface area contributed by atoms with Crippen LogP contribution in [-0.4, -0.2) is 31.5 Å². The fourth-order valence-electron chi connectivity index (χ4n) is 1.20. The third-order valence-electron chi connectivity index (χ3n) is 1.90. The van der Waals surface area contributed by atoms with Gasteiger partial charge in [0.05, 0.1) is 26.3 Å². The van der Waals surface area contributed by atoms with E-state index in [0.29, 0.717) is 13.0 Å². The molecule has 5 nitrogen and oxygen atoms in total. The Morgan fingerprint density at radius 1 is 1.58 bits per heavy atom. The number of hydrazine groups is 1. The largest absolute Gasteiger partial charge is 0.499 e. The van der Waals surface area contributed by atoms with Crippen molar-refractivity contribution in [3.8, 4) is 0 Å². The predicted octanol–water partition coefficient (Wildman–Crippen LogP) is -0.645. The SMILES string of the molecule is COC1=CN(N)CC(N)(OC)C1. The zero-order valence-electron chi connectivity index (χ0n) is 7.41. The Balaban J connectivity index is 2.71. The maximum absolute atomic E-state index is 5.85. The van der Waals surface area contributed by atoms with Crippen molar-refractivity contribution >= 4 is 0 Å². The van der Waals surface area contributed by atoms with Crippen LogP contribution in [0.1, 0.15) is 6.42 Å². The molecule has 1 aliphatic rings. The summed E-state index contributed by atoms with van der Waals surface area (Å²) < 4.78 is 10.2. The molecule has 0 fully saturated rings. The summed E-state index contributed by atoms with van der Waals surface area (Å²) in [5.41, 5.74) is 5.12. The molecule has 4 N–H and O–H groups in total. The van der Waals surface area contributed by atoms with Crippen LogP contribution >= 0.6 is 0 Å². The molecule has 0 spiro atoms. The highest BCUT2D eigenvalue weighted by Gasteiger charge is 2.31. The van der Waals surface area contributed by atoms with E-state index in [0.717, 1.165) is 5.76 Å². The number of nitrogens with zero attached hydrogens (tertiary/aromatic N) is 1. The Labute approximate surface area is 71.9 Å². The van der Waals surface area contributed by atoms with Crippen LogP contribution < -0.4 is 11.6 Å². The third-order valence-corrected chi connectivity index (χ3v) is 1.90. The molecule has 0 aromatic carbocycles. The normalized spacial score (nSPS) is 30.0. The Bertz CT molecular complexity index is 195. The first-order chi connectivity index (χ1) is 5.59. The number of rotatable bonds is 2. The average Bonchev–Trinajstić information content (AvgIpc) is 2.03. The molecule has 0 saturated heterocycles. The van der Waals surface area contributed by atoms with Crippen molar-refractivity contribution in [3.63, 3.8) is 0 Å². The van der Waals surface area contributed by atoms with Crippen molar-refractivity contribution in [2.75, 3.05) is 20.8 Å². The van der Waals surface area contributed by atoms with Gasteiger partial charge in [-0.3, -0.25) is 0 Å². The van der Waals surface area contributed by atoms with E-state index in [1.54, 1.807) is 20.4 Å². The molecule has 5 heteroatoms. The molecule has 1 rings (SSSR count). The maximum Gasteiger partial charge on any atom is 0.142 e. The summed E-state index contributed by atoms with van der Waals surface area (Å²) >= 11 is 0. The highest BCUT2D eigenvalue weighted by molar-refractivity contribution is 5.03. The average molecular weight is 173 g/mol. The Hall–Kier alpha value is -0.780. The van der Waals surface area contributed by atoms with Crippen LogP contribution in [0.2, 0.25) is 0 Å². The molecule has 0 aromatic rings. The fourth-order valence-corrected chi connectivity index (χ4v) is 1.20. The van der Waals surface area contributed by atoms with Gasteiger partial charge in [0.2, 0.25) is 0 Å². The van der Waals surface area contributed by atoms with E-state index < -0.39 is 5.72 Å². The van der Waals surface area contributed by atoms with Gasteiger partial charge in [-0.15, -0.1) is 0 Å². The van der Waals surface area contributed by atoms with Crippen molar-refractivity contribution < 1.29 is 9.47 Å². The molecular formula is C7H15N3O2. The van der Waals surface area contributed by atoms with Gasteiger partial charge in [0.15, 0.2) is 0 Å². The lowest BCUT2D eigenvalue weighted by Crippen LogP contribution is -2.55. The van der Waals surface area contributed by atoms with E-state index in [2.05, 4.69) is 0 Å². The van der Waals surface area contributed by atoms with Crippen molar-refractivity contribution in [3.05, 3.63) is 12.0 Å². The topological polar surface area (TPSA) is 73.7 Å². The molecule has 12 heavy (non-hydrogen) atoms. The van der Waals surface area contributed by atoms with Gasteiger partial charge >= 0.3 is 0 Å². The Morgan fingerprint density at radius 2 is 2.25 bits per heavy atom. The number of methoxy groups -OCH3 is 2. The monoisotopic (exact) mass is 173 g/mol. The lowest BCUT2D eigenvalue weighted by atomic mass is 10.1. The smallest absolute Gasteiger partial charge is 0.142 e. The second-order valence-electron chi connectivity index (χ2n) is 2.92. The molecule has 0 saturated carbocycles. The van der Waals surface area contributed by atoms with Gasteiger partial charge in [-0.25, -0.2) is 5.84 Å². The molecule has 0 aliphatic carbocycles. The van der Waals surface area contributed by atoms with E-state index >= 15 is 0 Å². The Kier molecular flexibility index (Phi) is 2.56. The van der Waals surface area contributed by atoms with Crippen LogP contribution in [0.3, 0.4) is 0 Å². The van der Waals surface area contributed by atoms with E-state index in [1.807, 2.05) is 0 Å². The van der Waals surface area contributed by atoms with Crippen molar-refractivity contribution in [1.29, 1.82) is 0 Å². The number of hydrogen-bond acceptors (Lipinski definition) is 5. The molecule has 1 unspecified atom stereocenters.